The molecule has 1 aliphatic carbocycles. The Bertz CT molecular complexity index is 411. The quantitative estimate of drug-likeness (QED) is 0.830. The lowest BCUT2D eigenvalue weighted by molar-refractivity contribution is 0.394. The molecule has 1 aliphatic rings. The van der Waals surface area contributed by atoms with Crippen molar-refractivity contribution in [2.24, 2.45) is 5.92 Å². The highest BCUT2D eigenvalue weighted by Gasteiger charge is 2.19. The Hall–Kier alpha value is -0.410. The summed E-state index contributed by atoms with van der Waals surface area (Å²) in [7, 11) is 0. The van der Waals surface area contributed by atoms with Gasteiger partial charge in [0.25, 0.3) is 0 Å². The second-order valence-electron chi connectivity index (χ2n) is 5.36. The van der Waals surface area contributed by atoms with Gasteiger partial charge in [0.15, 0.2) is 0 Å². The molecule has 2 rings (SSSR count). The Morgan fingerprint density at radius 3 is 3.00 bits per heavy atom. The molecule has 0 aromatic carbocycles. The van der Waals surface area contributed by atoms with Gasteiger partial charge in [-0.1, -0.05) is 31.4 Å². The van der Waals surface area contributed by atoms with Gasteiger partial charge in [-0.05, 0) is 37.8 Å². The number of hydrogen-bond acceptors (Lipinski definition) is 3. The van der Waals surface area contributed by atoms with Crippen LogP contribution in [0.2, 0.25) is 5.02 Å². The van der Waals surface area contributed by atoms with Gasteiger partial charge in [0.2, 0.25) is 0 Å². The lowest BCUT2D eigenvalue weighted by atomic mass is 9.91. The van der Waals surface area contributed by atoms with Crippen LogP contribution >= 0.6 is 23.4 Å². The van der Waals surface area contributed by atoms with Crippen LogP contribution in [0.4, 0.5) is 5.82 Å². The van der Waals surface area contributed by atoms with Crippen molar-refractivity contribution in [2.45, 2.75) is 50.5 Å². The van der Waals surface area contributed by atoms with Crippen LogP contribution in [-0.4, -0.2) is 16.8 Å². The molecule has 0 amide bonds. The van der Waals surface area contributed by atoms with E-state index in [1.54, 1.807) is 0 Å². The van der Waals surface area contributed by atoms with E-state index in [1.165, 1.54) is 25.7 Å². The number of pyridine rings is 1. The Morgan fingerprint density at radius 2 is 2.26 bits per heavy atom. The van der Waals surface area contributed by atoms with Crippen molar-refractivity contribution in [2.75, 3.05) is 11.9 Å². The second kappa shape index (κ2) is 7.39. The zero-order chi connectivity index (χ0) is 13.7. The molecule has 0 bridgehead atoms. The van der Waals surface area contributed by atoms with Crippen molar-refractivity contribution in [3.05, 3.63) is 22.8 Å². The summed E-state index contributed by atoms with van der Waals surface area (Å²) in [4.78, 5) is 4.60. The van der Waals surface area contributed by atoms with Crippen LogP contribution in [0.1, 0.15) is 45.2 Å². The highest BCUT2D eigenvalue weighted by atomic mass is 35.5. The first kappa shape index (κ1) is 15.0. The zero-order valence-electron chi connectivity index (χ0n) is 11.8. The number of thioether (sulfide) groups is 1. The summed E-state index contributed by atoms with van der Waals surface area (Å²) in [5.74, 6) is 2.73. The fourth-order valence-corrected chi connectivity index (χ4v) is 4.25. The molecule has 1 fully saturated rings. The van der Waals surface area contributed by atoms with Crippen LogP contribution in [0, 0.1) is 5.92 Å². The molecule has 0 saturated heterocycles. The van der Waals surface area contributed by atoms with Crippen molar-refractivity contribution in [3.8, 4) is 0 Å². The molecule has 2 unspecified atom stereocenters. The maximum absolute atomic E-state index is 6.24. The van der Waals surface area contributed by atoms with Crippen LogP contribution in [0.3, 0.4) is 0 Å². The molecule has 0 aliphatic heterocycles. The normalized spacial score (nSPS) is 23.3. The van der Waals surface area contributed by atoms with Crippen molar-refractivity contribution in [1.29, 1.82) is 0 Å². The van der Waals surface area contributed by atoms with E-state index in [-0.39, 0.29) is 0 Å². The molecule has 4 heteroatoms. The van der Waals surface area contributed by atoms with Crippen LogP contribution in [0.15, 0.2) is 12.1 Å². The van der Waals surface area contributed by atoms with Crippen molar-refractivity contribution in [3.63, 3.8) is 0 Å². The minimum atomic E-state index is 0.782. The largest absolute Gasteiger partial charge is 0.370 e. The van der Waals surface area contributed by atoms with Crippen LogP contribution in [0.5, 0.6) is 0 Å². The van der Waals surface area contributed by atoms with Gasteiger partial charge < -0.3 is 5.32 Å². The van der Waals surface area contributed by atoms with E-state index in [1.807, 2.05) is 23.9 Å². The maximum Gasteiger partial charge on any atom is 0.126 e. The first-order valence-corrected chi connectivity index (χ1v) is 8.62. The number of hydrogen-bond donors (Lipinski definition) is 1. The predicted octanol–water partition coefficient (Wildman–Crippen LogP) is 4.98. The highest BCUT2D eigenvalue weighted by molar-refractivity contribution is 7.99. The zero-order valence-corrected chi connectivity index (χ0v) is 13.4. The van der Waals surface area contributed by atoms with E-state index in [0.717, 1.165) is 40.0 Å². The summed E-state index contributed by atoms with van der Waals surface area (Å²) in [5, 5.41) is 4.81. The van der Waals surface area contributed by atoms with Crippen molar-refractivity contribution >= 4 is 29.2 Å². The van der Waals surface area contributed by atoms with Gasteiger partial charge in [-0.25, -0.2) is 4.98 Å². The molecule has 0 spiro atoms. The summed E-state index contributed by atoms with van der Waals surface area (Å²) >= 11 is 8.26. The Kier molecular flexibility index (Phi) is 5.83. The maximum atomic E-state index is 6.24. The highest BCUT2D eigenvalue weighted by Crippen LogP contribution is 2.34. The lowest BCUT2D eigenvalue weighted by Gasteiger charge is -2.26. The Labute approximate surface area is 125 Å². The summed E-state index contributed by atoms with van der Waals surface area (Å²) in [6.45, 7) is 5.33. The van der Waals surface area contributed by atoms with Gasteiger partial charge in [-0.3, -0.25) is 0 Å². The fraction of sp³-hybridized carbons (Fsp3) is 0.667. The van der Waals surface area contributed by atoms with E-state index in [4.69, 9.17) is 11.6 Å². The molecule has 1 saturated carbocycles. The average molecular weight is 299 g/mol. The predicted molar refractivity (Wildman–Crippen MR) is 86.1 cm³/mol. The summed E-state index contributed by atoms with van der Waals surface area (Å²) in [6, 6.07) is 3.90. The van der Waals surface area contributed by atoms with Crippen LogP contribution in [0.25, 0.3) is 0 Å². The third-order valence-corrected chi connectivity index (χ3v) is 5.30. The van der Waals surface area contributed by atoms with Gasteiger partial charge in [0.1, 0.15) is 5.82 Å². The minimum absolute atomic E-state index is 0.782. The molecule has 19 heavy (non-hydrogen) atoms. The van der Waals surface area contributed by atoms with E-state index < -0.39 is 0 Å². The standard InChI is InChI=1S/C15H23ClN2S/c1-3-17-15-8-7-13(16)14(18-15)10-19-12-6-4-5-11(2)9-12/h7-8,11-12H,3-6,9-10H2,1-2H3,(H,17,18). The minimum Gasteiger partial charge on any atom is -0.370 e. The van der Waals surface area contributed by atoms with Crippen molar-refractivity contribution in [1.82, 2.24) is 4.98 Å². The molecular weight excluding hydrogens is 276 g/mol. The average Bonchev–Trinajstić information content (AvgIpc) is 2.40. The van der Waals surface area contributed by atoms with Crippen molar-refractivity contribution < 1.29 is 0 Å². The summed E-state index contributed by atoms with van der Waals surface area (Å²) in [5.41, 5.74) is 1.02. The van der Waals surface area contributed by atoms with E-state index in [2.05, 4.69) is 24.1 Å². The number of anilines is 1. The fourth-order valence-electron chi connectivity index (χ4n) is 2.59. The molecule has 1 aromatic rings. The van der Waals surface area contributed by atoms with Gasteiger partial charge in [-0.15, -0.1) is 0 Å². The third-order valence-electron chi connectivity index (χ3n) is 3.62. The topological polar surface area (TPSA) is 24.9 Å². The number of halogens is 1. The monoisotopic (exact) mass is 298 g/mol. The first-order chi connectivity index (χ1) is 9.19. The second-order valence-corrected chi connectivity index (χ2v) is 7.06. The van der Waals surface area contributed by atoms with Gasteiger partial charge in [0, 0.05) is 17.5 Å². The summed E-state index contributed by atoms with van der Waals surface area (Å²) < 4.78 is 0. The Balaban J connectivity index is 1.92. The summed E-state index contributed by atoms with van der Waals surface area (Å²) in [6.07, 6.45) is 5.46. The van der Waals surface area contributed by atoms with E-state index in [0.29, 0.717) is 0 Å². The molecule has 0 radical (unpaired) electrons. The smallest absolute Gasteiger partial charge is 0.126 e. The molecule has 1 aromatic heterocycles. The molecule has 1 N–H and O–H groups in total. The van der Waals surface area contributed by atoms with Gasteiger partial charge >= 0.3 is 0 Å². The first-order valence-electron chi connectivity index (χ1n) is 7.20. The van der Waals surface area contributed by atoms with E-state index in [9.17, 15) is 0 Å². The number of rotatable bonds is 5. The molecule has 1 heterocycles. The number of aromatic nitrogens is 1. The van der Waals surface area contributed by atoms with Crippen LogP contribution in [-0.2, 0) is 5.75 Å². The molecule has 2 atom stereocenters. The van der Waals surface area contributed by atoms with Gasteiger partial charge in [-0.2, -0.15) is 11.8 Å². The number of nitrogens with zero attached hydrogens (tertiary/aromatic N) is 1. The Morgan fingerprint density at radius 1 is 1.42 bits per heavy atom. The molecular formula is C15H23ClN2S. The van der Waals surface area contributed by atoms with Crippen LogP contribution < -0.4 is 5.32 Å². The van der Waals surface area contributed by atoms with E-state index >= 15 is 0 Å². The third kappa shape index (κ3) is 4.57. The number of nitrogens with one attached hydrogen (secondary N) is 1. The lowest BCUT2D eigenvalue weighted by Crippen LogP contribution is -2.15. The molecule has 2 nitrogen and oxygen atoms in total. The molecule has 106 valence electrons. The van der Waals surface area contributed by atoms with Gasteiger partial charge in [0.05, 0.1) is 10.7 Å². The SMILES string of the molecule is CCNc1ccc(Cl)c(CSC2CCCC(C)C2)n1.